The van der Waals surface area contributed by atoms with Crippen LogP contribution < -0.4 is 10.1 Å². The first-order chi connectivity index (χ1) is 9.51. The van der Waals surface area contributed by atoms with Gasteiger partial charge < -0.3 is 10.1 Å². The Morgan fingerprint density at radius 3 is 2.60 bits per heavy atom. The standard InChI is InChI=1S/C14H10Br2ClNO2/c1-20-9-3-5-11(16)13(7-9)18-14(19)10-4-2-8(15)6-12(10)17/h2-7H,1H3,(H,18,19). The van der Waals surface area contributed by atoms with Crippen LogP contribution in [0.4, 0.5) is 5.69 Å². The lowest BCUT2D eigenvalue weighted by Gasteiger charge is -2.10. The second kappa shape index (κ2) is 6.61. The molecular formula is C14H10Br2ClNO2. The summed E-state index contributed by atoms with van der Waals surface area (Å²) in [7, 11) is 1.57. The third-order valence-electron chi connectivity index (χ3n) is 2.60. The van der Waals surface area contributed by atoms with Crippen molar-refractivity contribution < 1.29 is 9.53 Å². The summed E-state index contributed by atoms with van der Waals surface area (Å²) in [6.45, 7) is 0. The Labute approximate surface area is 138 Å². The summed E-state index contributed by atoms with van der Waals surface area (Å²) >= 11 is 12.7. The fourth-order valence-corrected chi connectivity index (χ4v) is 2.70. The van der Waals surface area contributed by atoms with Gasteiger partial charge in [0.1, 0.15) is 5.75 Å². The molecule has 0 aliphatic carbocycles. The number of nitrogens with one attached hydrogen (secondary N) is 1. The van der Waals surface area contributed by atoms with Crippen molar-refractivity contribution in [2.45, 2.75) is 0 Å². The smallest absolute Gasteiger partial charge is 0.257 e. The van der Waals surface area contributed by atoms with Crippen molar-refractivity contribution in [3.8, 4) is 5.75 Å². The van der Waals surface area contributed by atoms with Crippen LogP contribution >= 0.6 is 43.5 Å². The van der Waals surface area contributed by atoms with E-state index in [-0.39, 0.29) is 5.91 Å². The van der Waals surface area contributed by atoms with Crippen LogP contribution in [-0.4, -0.2) is 13.0 Å². The van der Waals surface area contributed by atoms with Gasteiger partial charge in [0.25, 0.3) is 5.91 Å². The SMILES string of the molecule is COc1ccc(Br)c(NC(=O)c2ccc(Br)cc2Cl)c1. The highest BCUT2D eigenvalue weighted by atomic mass is 79.9. The van der Waals surface area contributed by atoms with Crippen LogP contribution in [0, 0.1) is 0 Å². The van der Waals surface area contributed by atoms with Crippen molar-refractivity contribution in [2.75, 3.05) is 12.4 Å². The molecular weight excluding hydrogens is 409 g/mol. The molecule has 0 aromatic heterocycles. The first-order valence-corrected chi connectivity index (χ1v) is 7.57. The number of anilines is 1. The Kier molecular flexibility index (Phi) is 5.07. The number of carbonyl (C=O) groups is 1. The lowest BCUT2D eigenvalue weighted by atomic mass is 10.2. The summed E-state index contributed by atoms with van der Waals surface area (Å²) in [5.41, 5.74) is 1.03. The van der Waals surface area contributed by atoms with Crippen molar-refractivity contribution in [1.29, 1.82) is 0 Å². The van der Waals surface area contributed by atoms with E-state index in [0.29, 0.717) is 22.0 Å². The second-order valence-electron chi connectivity index (χ2n) is 3.92. The average molecular weight is 420 g/mol. The van der Waals surface area contributed by atoms with E-state index in [4.69, 9.17) is 16.3 Å². The molecule has 0 heterocycles. The van der Waals surface area contributed by atoms with Gasteiger partial charge in [-0.3, -0.25) is 4.79 Å². The highest BCUT2D eigenvalue weighted by Crippen LogP contribution is 2.28. The largest absolute Gasteiger partial charge is 0.497 e. The van der Waals surface area contributed by atoms with Crippen LogP contribution in [0.15, 0.2) is 45.3 Å². The maximum absolute atomic E-state index is 12.2. The van der Waals surface area contributed by atoms with Gasteiger partial charge in [0, 0.05) is 15.0 Å². The summed E-state index contributed by atoms with van der Waals surface area (Å²) in [6, 6.07) is 10.4. The lowest BCUT2D eigenvalue weighted by Crippen LogP contribution is -2.12. The maximum Gasteiger partial charge on any atom is 0.257 e. The summed E-state index contributed by atoms with van der Waals surface area (Å²) in [6.07, 6.45) is 0. The van der Waals surface area contributed by atoms with E-state index < -0.39 is 0 Å². The predicted octanol–water partition coefficient (Wildman–Crippen LogP) is 5.13. The molecule has 0 atom stereocenters. The molecule has 1 N–H and O–H groups in total. The lowest BCUT2D eigenvalue weighted by molar-refractivity contribution is 0.102. The number of benzene rings is 2. The van der Waals surface area contributed by atoms with Crippen LogP contribution in [-0.2, 0) is 0 Å². The Hall–Kier alpha value is -1.04. The molecule has 20 heavy (non-hydrogen) atoms. The number of hydrogen-bond acceptors (Lipinski definition) is 2. The van der Waals surface area contributed by atoms with E-state index in [2.05, 4.69) is 37.2 Å². The average Bonchev–Trinajstić information content (AvgIpc) is 2.41. The second-order valence-corrected chi connectivity index (χ2v) is 6.10. The van der Waals surface area contributed by atoms with E-state index in [1.165, 1.54) is 0 Å². The Morgan fingerprint density at radius 2 is 1.95 bits per heavy atom. The number of methoxy groups -OCH3 is 1. The first-order valence-electron chi connectivity index (χ1n) is 5.61. The summed E-state index contributed by atoms with van der Waals surface area (Å²) in [5.74, 6) is 0.377. The van der Waals surface area contributed by atoms with E-state index in [1.807, 2.05) is 0 Å². The minimum absolute atomic E-state index is 0.281. The number of carbonyl (C=O) groups excluding carboxylic acids is 1. The minimum Gasteiger partial charge on any atom is -0.497 e. The molecule has 0 unspecified atom stereocenters. The van der Waals surface area contributed by atoms with Gasteiger partial charge in [-0.1, -0.05) is 27.5 Å². The molecule has 104 valence electrons. The van der Waals surface area contributed by atoms with Gasteiger partial charge in [-0.05, 0) is 46.3 Å². The molecule has 6 heteroatoms. The van der Waals surface area contributed by atoms with E-state index >= 15 is 0 Å². The molecule has 0 aliphatic heterocycles. The fourth-order valence-electron chi connectivity index (χ4n) is 1.59. The molecule has 0 fully saturated rings. The zero-order valence-electron chi connectivity index (χ0n) is 10.4. The highest BCUT2D eigenvalue weighted by molar-refractivity contribution is 9.10. The highest BCUT2D eigenvalue weighted by Gasteiger charge is 2.12. The van der Waals surface area contributed by atoms with Crippen molar-refractivity contribution in [2.24, 2.45) is 0 Å². The molecule has 2 rings (SSSR count). The monoisotopic (exact) mass is 417 g/mol. The Bertz CT molecular complexity index is 662. The summed E-state index contributed by atoms with van der Waals surface area (Å²) in [4.78, 5) is 12.2. The van der Waals surface area contributed by atoms with Crippen LogP contribution in [0.2, 0.25) is 5.02 Å². The zero-order valence-corrected chi connectivity index (χ0v) is 14.3. The number of ether oxygens (including phenoxy) is 1. The van der Waals surface area contributed by atoms with Crippen LogP contribution in [0.5, 0.6) is 5.75 Å². The van der Waals surface area contributed by atoms with E-state index in [9.17, 15) is 4.79 Å². The van der Waals surface area contributed by atoms with Crippen molar-refractivity contribution in [3.63, 3.8) is 0 Å². The molecule has 0 radical (unpaired) electrons. The van der Waals surface area contributed by atoms with Crippen molar-refractivity contribution in [3.05, 3.63) is 55.9 Å². The molecule has 0 aliphatic rings. The van der Waals surface area contributed by atoms with Gasteiger partial charge in [0.15, 0.2) is 0 Å². The van der Waals surface area contributed by atoms with Gasteiger partial charge in [0.2, 0.25) is 0 Å². The topological polar surface area (TPSA) is 38.3 Å². The number of amides is 1. The number of halogens is 3. The molecule has 0 saturated carbocycles. The quantitative estimate of drug-likeness (QED) is 0.749. The van der Waals surface area contributed by atoms with Gasteiger partial charge in [-0.15, -0.1) is 0 Å². The zero-order chi connectivity index (χ0) is 14.7. The number of rotatable bonds is 3. The Morgan fingerprint density at radius 1 is 1.20 bits per heavy atom. The number of hydrogen-bond donors (Lipinski definition) is 1. The minimum atomic E-state index is -0.281. The van der Waals surface area contributed by atoms with E-state index in [1.54, 1.807) is 43.5 Å². The molecule has 2 aromatic carbocycles. The van der Waals surface area contributed by atoms with Gasteiger partial charge >= 0.3 is 0 Å². The van der Waals surface area contributed by atoms with Crippen molar-refractivity contribution >= 4 is 55.1 Å². The molecule has 0 saturated heterocycles. The molecule has 2 aromatic rings. The fraction of sp³-hybridized carbons (Fsp3) is 0.0714. The maximum atomic E-state index is 12.2. The van der Waals surface area contributed by atoms with Crippen LogP contribution in [0.25, 0.3) is 0 Å². The molecule has 3 nitrogen and oxygen atoms in total. The third-order valence-corrected chi connectivity index (χ3v) is 4.09. The molecule has 1 amide bonds. The predicted molar refractivity (Wildman–Crippen MR) is 87.8 cm³/mol. The normalized spacial score (nSPS) is 10.2. The van der Waals surface area contributed by atoms with Gasteiger partial charge in [0.05, 0.1) is 23.4 Å². The van der Waals surface area contributed by atoms with Crippen LogP contribution in [0.3, 0.4) is 0 Å². The Balaban J connectivity index is 2.27. The molecule has 0 bridgehead atoms. The summed E-state index contributed by atoms with van der Waals surface area (Å²) in [5, 5.41) is 3.18. The molecule has 0 spiro atoms. The van der Waals surface area contributed by atoms with Gasteiger partial charge in [-0.25, -0.2) is 0 Å². The van der Waals surface area contributed by atoms with E-state index in [0.717, 1.165) is 8.95 Å². The van der Waals surface area contributed by atoms with Gasteiger partial charge in [-0.2, -0.15) is 0 Å². The first kappa shape index (κ1) is 15.4. The van der Waals surface area contributed by atoms with Crippen molar-refractivity contribution in [1.82, 2.24) is 0 Å². The third kappa shape index (κ3) is 3.53. The summed E-state index contributed by atoms with van der Waals surface area (Å²) < 4.78 is 6.72. The van der Waals surface area contributed by atoms with Crippen LogP contribution in [0.1, 0.15) is 10.4 Å².